The molecule has 0 aliphatic rings. The van der Waals surface area contributed by atoms with Crippen molar-refractivity contribution < 1.29 is 0 Å². The number of halogens is 1. The zero-order valence-electron chi connectivity index (χ0n) is 7.25. The molecule has 0 saturated carbocycles. The fraction of sp³-hybridized carbons (Fsp3) is 0.111. The molecule has 13 heavy (non-hydrogen) atoms. The second-order valence-electron chi connectivity index (χ2n) is 2.08. The molecule has 0 amide bonds. The summed E-state index contributed by atoms with van der Waals surface area (Å²) >= 11 is 1.67. The Bertz CT molecular complexity index is 257. The highest BCUT2D eigenvalue weighted by molar-refractivity contribution is 14.0. The van der Waals surface area contributed by atoms with E-state index in [2.05, 4.69) is 9.97 Å². The molecular weight excluding hydrogens is 295 g/mol. The van der Waals surface area contributed by atoms with Crippen LogP contribution in [0.15, 0.2) is 42.2 Å². The van der Waals surface area contributed by atoms with Crippen molar-refractivity contribution in [3.05, 3.63) is 47.2 Å². The number of hydrogen-bond acceptors (Lipinski definition) is 3. The molecule has 0 unspecified atom stereocenters. The first kappa shape index (κ1) is 12.5. The number of aryl methyl sites for hydroxylation is 1. The molecular formula is C9H11IN2S. The lowest BCUT2D eigenvalue weighted by Gasteiger charge is -1.70. The van der Waals surface area contributed by atoms with Gasteiger partial charge in [0, 0.05) is 24.0 Å². The number of nitrogens with zero attached hydrogens (tertiary/aromatic N) is 2. The van der Waals surface area contributed by atoms with Crippen LogP contribution in [0.4, 0.5) is 0 Å². The molecule has 0 atom stereocenters. The second-order valence-corrected chi connectivity index (χ2v) is 3.17. The predicted molar refractivity (Wildman–Crippen MR) is 66.5 cm³/mol. The number of aromatic nitrogens is 2. The average Bonchev–Trinajstić information content (AvgIpc) is 2.60. The van der Waals surface area contributed by atoms with Gasteiger partial charge in [0.25, 0.3) is 0 Å². The van der Waals surface area contributed by atoms with Gasteiger partial charge in [-0.25, -0.2) is 0 Å². The van der Waals surface area contributed by atoms with Gasteiger partial charge in [-0.3, -0.25) is 9.97 Å². The molecule has 2 aromatic heterocycles. The molecule has 4 heteroatoms. The van der Waals surface area contributed by atoms with Gasteiger partial charge in [-0.2, -0.15) is 0 Å². The third-order valence-electron chi connectivity index (χ3n) is 1.12. The Morgan fingerprint density at radius 1 is 1.08 bits per heavy atom. The minimum atomic E-state index is 0. The van der Waals surface area contributed by atoms with Gasteiger partial charge in [-0.15, -0.1) is 35.3 Å². The van der Waals surface area contributed by atoms with Gasteiger partial charge in [0.15, 0.2) is 0 Å². The van der Waals surface area contributed by atoms with Crippen molar-refractivity contribution in [3.63, 3.8) is 0 Å². The van der Waals surface area contributed by atoms with Crippen molar-refractivity contribution in [2.45, 2.75) is 6.92 Å². The summed E-state index contributed by atoms with van der Waals surface area (Å²) in [6, 6.07) is 5.72. The number of rotatable bonds is 0. The average molecular weight is 306 g/mol. The van der Waals surface area contributed by atoms with Crippen LogP contribution in [0, 0.1) is 6.92 Å². The van der Waals surface area contributed by atoms with E-state index in [0.717, 1.165) is 5.01 Å². The van der Waals surface area contributed by atoms with Crippen LogP contribution in [0.25, 0.3) is 0 Å². The lowest BCUT2D eigenvalue weighted by atomic mass is 10.5. The van der Waals surface area contributed by atoms with E-state index < -0.39 is 0 Å². The molecule has 0 aromatic carbocycles. The summed E-state index contributed by atoms with van der Waals surface area (Å²) in [5, 5.41) is 3.10. The summed E-state index contributed by atoms with van der Waals surface area (Å²) in [6.07, 6.45) is 5.31. The Labute approximate surface area is 99.1 Å². The normalized spacial score (nSPS) is 7.77. The van der Waals surface area contributed by atoms with Crippen LogP contribution in [0.3, 0.4) is 0 Å². The Balaban J connectivity index is 0.000000206. The predicted octanol–water partition coefficient (Wildman–Crippen LogP) is 3.15. The summed E-state index contributed by atoms with van der Waals surface area (Å²) in [5.74, 6) is 0. The SMILES string of the molecule is Cc1nccs1.I.c1ccncc1. The molecule has 0 N–H and O–H groups in total. The van der Waals surface area contributed by atoms with Crippen LogP contribution in [0.5, 0.6) is 0 Å². The molecule has 0 radical (unpaired) electrons. The van der Waals surface area contributed by atoms with Crippen molar-refractivity contribution in [3.8, 4) is 0 Å². The van der Waals surface area contributed by atoms with E-state index in [-0.39, 0.29) is 24.0 Å². The Morgan fingerprint density at radius 3 is 1.92 bits per heavy atom. The first-order valence-electron chi connectivity index (χ1n) is 3.60. The lowest BCUT2D eigenvalue weighted by molar-refractivity contribution is 1.30. The van der Waals surface area contributed by atoms with Crippen molar-refractivity contribution in [2.24, 2.45) is 0 Å². The van der Waals surface area contributed by atoms with Crippen molar-refractivity contribution >= 4 is 35.3 Å². The van der Waals surface area contributed by atoms with Crippen LogP contribution in [0.2, 0.25) is 0 Å². The third-order valence-corrected chi connectivity index (χ3v) is 1.83. The molecule has 0 aliphatic carbocycles. The lowest BCUT2D eigenvalue weighted by Crippen LogP contribution is -1.58. The van der Waals surface area contributed by atoms with Gasteiger partial charge in [0.1, 0.15) is 0 Å². The maximum atomic E-state index is 3.94. The summed E-state index contributed by atoms with van der Waals surface area (Å²) < 4.78 is 0. The summed E-state index contributed by atoms with van der Waals surface area (Å²) in [6.45, 7) is 1.99. The maximum absolute atomic E-state index is 3.94. The fourth-order valence-corrected chi connectivity index (χ4v) is 1.05. The minimum absolute atomic E-state index is 0. The summed E-state index contributed by atoms with van der Waals surface area (Å²) in [7, 11) is 0. The fourth-order valence-electron chi connectivity index (χ4n) is 0.607. The quantitative estimate of drug-likeness (QED) is 0.699. The molecule has 2 aromatic rings. The molecule has 0 spiro atoms. The highest BCUT2D eigenvalue weighted by atomic mass is 127. The Morgan fingerprint density at radius 2 is 1.77 bits per heavy atom. The van der Waals surface area contributed by atoms with Crippen LogP contribution in [-0.4, -0.2) is 9.97 Å². The molecule has 0 saturated heterocycles. The van der Waals surface area contributed by atoms with Crippen molar-refractivity contribution in [1.29, 1.82) is 0 Å². The van der Waals surface area contributed by atoms with E-state index >= 15 is 0 Å². The van der Waals surface area contributed by atoms with Crippen LogP contribution < -0.4 is 0 Å². The maximum Gasteiger partial charge on any atom is 0.0893 e. The van der Waals surface area contributed by atoms with Gasteiger partial charge in [0.2, 0.25) is 0 Å². The number of thiazole rings is 1. The van der Waals surface area contributed by atoms with Gasteiger partial charge in [0.05, 0.1) is 5.01 Å². The Kier molecular flexibility index (Phi) is 7.82. The Hall–Kier alpha value is -0.490. The summed E-state index contributed by atoms with van der Waals surface area (Å²) in [5.41, 5.74) is 0. The molecule has 70 valence electrons. The smallest absolute Gasteiger partial charge is 0.0893 e. The molecule has 0 bridgehead atoms. The van der Waals surface area contributed by atoms with E-state index in [9.17, 15) is 0 Å². The highest BCUT2D eigenvalue weighted by Crippen LogP contribution is 1.98. The van der Waals surface area contributed by atoms with Crippen LogP contribution in [0.1, 0.15) is 5.01 Å². The van der Waals surface area contributed by atoms with Crippen LogP contribution in [-0.2, 0) is 0 Å². The van der Waals surface area contributed by atoms with E-state index in [1.165, 1.54) is 0 Å². The first-order chi connectivity index (χ1) is 5.89. The minimum Gasteiger partial charge on any atom is -0.265 e. The molecule has 0 aliphatic heterocycles. The zero-order chi connectivity index (χ0) is 8.65. The van der Waals surface area contributed by atoms with Crippen molar-refractivity contribution in [2.75, 3.05) is 0 Å². The monoisotopic (exact) mass is 306 g/mol. The number of pyridine rings is 1. The number of hydrogen-bond donors (Lipinski definition) is 0. The van der Waals surface area contributed by atoms with Crippen LogP contribution >= 0.6 is 35.3 Å². The van der Waals surface area contributed by atoms with Gasteiger partial charge in [-0.05, 0) is 19.1 Å². The van der Waals surface area contributed by atoms with E-state index in [1.54, 1.807) is 29.9 Å². The molecule has 2 rings (SSSR count). The molecule has 2 nitrogen and oxygen atoms in total. The highest BCUT2D eigenvalue weighted by Gasteiger charge is 1.76. The summed E-state index contributed by atoms with van der Waals surface area (Å²) in [4.78, 5) is 7.72. The van der Waals surface area contributed by atoms with Gasteiger partial charge < -0.3 is 0 Å². The van der Waals surface area contributed by atoms with Gasteiger partial charge >= 0.3 is 0 Å². The first-order valence-corrected chi connectivity index (χ1v) is 4.48. The largest absolute Gasteiger partial charge is 0.265 e. The second kappa shape index (κ2) is 8.12. The molecule has 0 fully saturated rings. The third kappa shape index (κ3) is 6.65. The van der Waals surface area contributed by atoms with Gasteiger partial charge in [-0.1, -0.05) is 6.07 Å². The molecule has 2 heterocycles. The van der Waals surface area contributed by atoms with E-state index in [4.69, 9.17) is 0 Å². The van der Waals surface area contributed by atoms with E-state index in [1.807, 2.05) is 30.5 Å². The zero-order valence-corrected chi connectivity index (χ0v) is 10.4. The van der Waals surface area contributed by atoms with E-state index in [0.29, 0.717) is 0 Å². The van der Waals surface area contributed by atoms with Crippen molar-refractivity contribution in [1.82, 2.24) is 9.97 Å². The standard InChI is InChI=1S/C5H5N.C4H5NS.HI/c1-2-4-6-5-3-1;1-4-5-2-3-6-4;/h1-5H;2-3H,1H3;1H. The topological polar surface area (TPSA) is 25.8 Å².